The maximum atomic E-state index is 11.8. The number of hydrazone groups is 1. The number of nitrogens with one attached hydrogen (secondary N) is 1. The van der Waals surface area contributed by atoms with Gasteiger partial charge in [-0.15, -0.1) is 0 Å². The molecule has 0 saturated heterocycles. The van der Waals surface area contributed by atoms with E-state index in [0.717, 1.165) is 22.0 Å². The number of carbonyl (C=O) groups excluding carboxylic acids is 1. The van der Waals surface area contributed by atoms with E-state index in [2.05, 4.69) is 15.5 Å². The molecule has 0 unspecified atom stereocenters. The van der Waals surface area contributed by atoms with E-state index in [9.17, 15) is 4.79 Å². The standard InChI is InChI=1S/C20H18ClN3O2/c1-13-4-7-17(8-5-13)26-12-19(25)24-22-11-16-10-15-6-3-14(2)9-18(15)23-20(16)21/h3-11H,12H2,1-2H3,(H,24,25). The number of nitrogens with zero attached hydrogens (tertiary/aromatic N) is 2. The zero-order valence-corrected chi connectivity index (χ0v) is 15.2. The summed E-state index contributed by atoms with van der Waals surface area (Å²) in [5, 5.41) is 5.21. The van der Waals surface area contributed by atoms with Gasteiger partial charge in [-0.05, 0) is 43.7 Å². The number of benzene rings is 2. The van der Waals surface area contributed by atoms with Crippen molar-refractivity contribution in [1.29, 1.82) is 0 Å². The van der Waals surface area contributed by atoms with E-state index in [1.165, 1.54) is 6.21 Å². The van der Waals surface area contributed by atoms with Gasteiger partial charge in [0.15, 0.2) is 6.61 Å². The van der Waals surface area contributed by atoms with Gasteiger partial charge in [0, 0.05) is 10.9 Å². The van der Waals surface area contributed by atoms with E-state index < -0.39 is 0 Å². The number of aryl methyl sites for hydroxylation is 2. The first kappa shape index (κ1) is 17.9. The van der Waals surface area contributed by atoms with Crippen LogP contribution in [0.5, 0.6) is 5.75 Å². The summed E-state index contributed by atoms with van der Waals surface area (Å²) < 4.78 is 5.39. The van der Waals surface area contributed by atoms with Crippen molar-refractivity contribution in [2.24, 2.45) is 5.10 Å². The lowest BCUT2D eigenvalue weighted by molar-refractivity contribution is -0.123. The topological polar surface area (TPSA) is 63.6 Å². The molecule has 5 nitrogen and oxygen atoms in total. The summed E-state index contributed by atoms with van der Waals surface area (Å²) in [7, 11) is 0. The Labute approximate surface area is 156 Å². The Morgan fingerprint density at radius 1 is 1.15 bits per heavy atom. The number of aromatic nitrogens is 1. The smallest absolute Gasteiger partial charge is 0.277 e. The predicted molar refractivity (Wildman–Crippen MR) is 104 cm³/mol. The van der Waals surface area contributed by atoms with Crippen LogP contribution in [-0.4, -0.2) is 23.7 Å². The number of fused-ring (bicyclic) bond motifs is 1. The number of hydrogen-bond donors (Lipinski definition) is 1. The Bertz CT molecular complexity index is 969. The summed E-state index contributed by atoms with van der Waals surface area (Å²) >= 11 is 6.19. The molecule has 6 heteroatoms. The lowest BCUT2D eigenvalue weighted by atomic mass is 10.1. The van der Waals surface area contributed by atoms with Gasteiger partial charge in [0.2, 0.25) is 0 Å². The van der Waals surface area contributed by atoms with Crippen LogP contribution in [0, 0.1) is 13.8 Å². The fourth-order valence-electron chi connectivity index (χ4n) is 2.35. The molecule has 0 spiro atoms. The third-order valence-corrected chi connectivity index (χ3v) is 4.04. The van der Waals surface area contributed by atoms with E-state index in [0.29, 0.717) is 16.5 Å². The van der Waals surface area contributed by atoms with Crippen LogP contribution < -0.4 is 10.2 Å². The summed E-state index contributed by atoms with van der Waals surface area (Å²) in [6.07, 6.45) is 1.47. The van der Waals surface area contributed by atoms with Crippen LogP contribution in [0.3, 0.4) is 0 Å². The Morgan fingerprint density at radius 3 is 2.65 bits per heavy atom. The van der Waals surface area contributed by atoms with Crippen molar-refractivity contribution in [1.82, 2.24) is 10.4 Å². The lowest BCUT2D eigenvalue weighted by Gasteiger charge is -2.05. The predicted octanol–water partition coefficient (Wildman–Crippen LogP) is 4.03. The number of hydrogen-bond acceptors (Lipinski definition) is 4. The van der Waals surface area contributed by atoms with Gasteiger partial charge in [-0.1, -0.05) is 41.4 Å². The molecule has 3 rings (SSSR count). The van der Waals surface area contributed by atoms with Crippen LogP contribution in [-0.2, 0) is 4.79 Å². The molecule has 0 atom stereocenters. The maximum absolute atomic E-state index is 11.8. The Balaban J connectivity index is 1.60. The minimum absolute atomic E-state index is 0.122. The third kappa shape index (κ3) is 4.58. The Kier molecular flexibility index (Phi) is 5.49. The first-order valence-electron chi connectivity index (χ1n) is 8.09. The minimum Gasteiger partial charge on any atom is -0.484 e. The second-order valence-corrected chi connectivity index (χ2v) is 6.32. The van der Waals surface area contributed by atoms with Gasteiger partial charge in [0.05, 0.1) is 11.7 Å². The summed E-state index contributed by atoms with van der Waals surface area (Å²) in [5.74, 6) is 0.272. The van der Waals surface area contributed by atoms with Crippen molar-refractivity contribution in [3.05, 3.63) is 70.4 Å². The van der Waals surface area contributed by atoms with Crippen LogP contribution in [0.1, 0.15) is 16.7 Å². The molecule has 132 valence electrons. The fourth-order valence-corrected chi connectivity index (χ4v) is 2.54. The van der Waals surface area contributed by atoms with Crippen LogP contribution in [0.15, 0.2) is 53.6 Å². The number of halogens is 1. The zero-order valence-electron chi connectivity index (χ0n) is 14.5. The van der Waals surface area contributed by atoms with Gasteiger partial charge in [0.25, 0.3) is 5.91 Å². The highest BCUT2D eigenvalue weighted by molar-refractivity contribution is 6.32. The van der Waals surface area contributed by atoms with E-state index in [-0.39, 0.29) is 12.5 Å². The number of carbonyl (C=O) groups is 1. The van der Waals surface area contributed by atoms with Gasteiger partial charge in [0.1, 0.15) is 10.9 Å². The van der Waals surface area contributed by atoms with E-state index in [1.807, 2.05) is 62.4 Å². The van der Waals surface area contributed by atoms with Crippen molar-refractivity contribution in [2.45, 2.75) is 13.8 Å². The molecule has 26 heavy (non-hydrogen) atoms. The molecular weight excluding hydrogens is 350 g/mol. The summed E-state index contributed by atoms with van der Waals surface area (Å²) in [6, 6.07) is 15.3. The van der Waals surface area contributed by atoms with Gasteiger partial charge in [-0.3, -0.25) is 4.79 Å². The monoisotopic (exact) mass is 367 g/mol. The summed E-state index contributed by atoms with van der Waals surface area (Å²) in [4.78, 5) is 16.2. The van der Waals surface area contributed by atoms with E-state index >= 15 is 0 Å². The molecule has 0 fully saturated rings. The number of ether oxygens (including phenoxy) is 1. The zero-order chi connectivity index (χ0) is 18.5. The minimum atomic E-state index is -0.359. The number of pyridine rings is 1. The van der Waals surface area contributed by atoms with Crippen molar-refractivity contribution >= 4 is 34.6 Å². The summed E-state index contributed by atoms with van der Waals surface area (Å²) in [6.45, 7) is 3.86. The molecule has 1 amide bonds. The molecule has 1 heterocycles. The normalized spacial score (nSPS) is 11.0. The Morgan fingerprint density at radius 2 is 1.88 bits per heavy atom. The number of rotatable bonds is 5. The van der Waals surface area contributed by atoms with Crippen molar-refractivity contribution in [3.8, 4) is 5.75 Å². The second-order valence-electron chi connectivity index (χ2n) is 5.96. The average Bonchev–Trinajstić information content (AvgIpc) is 2.62. The van der Waals surface area contributed by atoms with Gasteiger partial charge in [-0.25, -0.2) is 10.4 Å². The van der Waals surface area contributed by atoms with Crippen LogP contribution in [0.2, 0.25) is 5.15 Å². The molecule has 2 aromatic carbocycles. The van der Waals surface area contributed by atoms with Gasteiger partial charge in [-0.2, -0.15) is 5.10 Å². The van der Waals surface area contributed by atoms with Crippen molar-refractivity contribution in [2.75, 3.05) is 6.61 Å². The van der Waals surface area contributed by atoms with Crippen LogP contribution in [0.4, 0.5) is 0 Å². The summed E-state index contributed by atoms with van der Waals surface area (Å²) in [5.41, 5.74) is 6.11. The van der Waals surface area contributed by atoms with E-state index in [1.54, 1.807) is 0 Å². The van der Waals surface area contributed by atoms with Crippen LogP contribution in [0.25, 0.3) is 10.9 Å². The first-order valence-corrected chi connectivity index (χ1v) is 8.47. The highest BCUT2D eigenvalue weighted by atomic mass is 35.5. The Hall–Kier alpha value is -2.92. The molecule has 0 bridgehead atoms. The van der Waals surface area contributed by atoms with E-state index in [4.69, 9.17) is 16.3 Å². The molecular formula is C20H18ClN3O2. The SMILES string of the molecule is Cc1ccc(OCC(=O)NN=Cc2cc3ccc(C)cc3nc2Cl)cc1. The van der Waals surface area contributed by atoms with Gasteiger partial charge >= 0.3 is 0 Å². The molecule has 1 aromatic heterocycles. The average molecular weight is 368 g/mol. The lowest BCUT2D eigenvalue weighted by Crippen LogP contribution is -2.24. The van der Waals surface area contributed by atoms with Crippen molar-refractivity contribution < 1.29 is 9.53 Å². The van der Waals surface area contributed by atoms with Crippen molar-refractivity contribution in [3.63, 3.8) is 0 Å². The molecule has 0 aliphatic rings. The highest BCUT2D eigenvalue weighted by Crippen LogP contribution is 2.20. The number of amides is 1. The first-order chi connectivity index (χ1) is 12.5. The molecule has 0 radical (unpaired) electrons. The molecule has 0 aliphatic carbocycles. The largest absolute Gasteiger partial charge is 0.484 e. The third-order valence-electron chi connectivity index (χ3n) is 3.74. The maximum Gasteiger partial charge on any atom is 0.277 e. The molecule has 3 aromatic rings. The fraction of sp³-hybridized carbons (Fsp3) is 0.150. The second kappa shape index (κ2) is 7.97. The quantitative estimate of drug-likeness (QED) is 0.420. The highest BCUT2D eigenvalue weighted by Gasteiger charge is 2.05. The molecule has 0 saturated carbocycles. The molecule has 1 N–H and O–H groups in total. The van der Waals surface area contributed by atoms with Crippen LogP contribution >= 0.6 is 11.6 Å². The molecule has 0 aliphatic heterocycles. The van der Waals surface area contributed by atoms with Gasteiger partial charge < -0.3 is 4.74 Å².